The van der Waals surface area contributed by atoms with Gasteiger partial charge in [0.05, 0.1) is 26.4 Å². The average molecular weight is 298 g/mol. The van der Waals surface area contributed by atoms with E-state index in [9.17, 15) is 9.36 Å². The normalized spacial score (nSPS) is 15.8. The fraction of sp³-hybridized carbons (Fsp3) is 0.909. The fourth-order valence-electron chi connectivity index (χ4n) is 1.23. The molecule has 114 valence electrons. The van der Waals surface area contributed by atoms with Crippen LogP contribution >= 0.6 is 7.60 Å². The van der Waals surface area contributed by atoms with Crippen molar-refractivity contribution < 1.29 is 32.6 Å². The van der Waals surface area contributed by atoms with Gasteiger partial charge in [-0.15, -0.1) is 0 Å². The van der Waals surface area contributed by atoms with Gasteiger partial charge in [-0.1, -0.05) is 0 Å². The lowest BCUT2D eigenvalue weighted by Crippen LogP contribution is -2.19. The zero-order chi connectivity index (χ0) is 14.7. The van der Waals surface area contributed by atoms with E-state index in [-0.39, 0.29) is 13.2 Å². The molecule has 0 spiro atoms. The van der Waals surface area contributed by atoms with Gasteiger partial charge in [0.2, 0.25) is 0 Å². The highest BCUT2D eigenvalue weighted by Gasteiger charge is 2.31. The third-order valence-electron chi connectivity index (χ3n) is 1.90. The molecular formula is C11H23O7P. The van der Waals surface area contributed by atoms with Crippen molar-refractivity contribution >= 4 is 13.6 Å². The Morgan fingerprint density at radius 3 is 2.42 bits per heavy atom. The predicted molar refractivity (Wildman–Crippen MR) is 69.1 cm³/mol. The molecule has 0 bridgehead atoms. The molecule has 0 aromatic rings. The van der Waals surface area contributed by atoms with Crippen molar-refractivity contribution in [3.05, 3.63) is 0 Å². The Balaban J connectivity index is 4.35. The van der Waals surface area contributed by atoms with Crippen LogP contribution in [-0.4, -0.2) is 52.0 Å². The molecule has 0 aliphatic heterocycles. The number of carbonyl (C=O) groups excluding carboxylic acids is 1. The van der Waals surface area contributed by atoms with Gasteiger partial charge in [0, 0.05) is 7.11 Å². The molecule has 0 N–H and O–H groups in total. The number of carbonyl (C=O) groups is 1. The van der Waals surface area contributed by atoms with Crippen molar-refractivity contribution in [1.29, 1.82) is 0 Å². The lowest BCUT2D eigenvalue weighted by molar-refractivity contribution is -0.140. The van der Waals surface area contributed by atoms with E-state index in [4.69, 9.17) is 23.3 Å². The summed E-state index contributed by atoms with van der Waals surface area (Å²) < 4.78 is 37.3. The molecule has 0 radical (unpaired) electrons. The summed E-state index contributed by atoms with van der Waals surface area (Å²) in [5, 5.41) is 0. The maximum atomic E-state index is 12.3. The van der Waals surface area contributed by atoms with Crippen LogP contribution in [0, 0.1) is 0 Å². The molecule has 0 saturated carbocycles. The van der Waals surface area contributed by atoms with E-state index in [0.717, 1.165) is 0 Å². The molecule has 0 aromatic heterocycles. The first-order valence-electron chi connectivity index (χ1n) is 6.15. The Hall–Kier alpha value is -0.460. The van der Waals surface area contributed by atoms with Crippen molar-refractivity contribution in [1.82, 2.24) is 0 Å². The summed E-state index contributed by atoms with van der Waals surface area (Å²) in [7, 11) is -2.01. The number of rotatable bonds is 11. The number of methoxy groups -OCH3 is 1. The second-order valence-electron chi connectivity index (χ2n) is 3.53. The zero-order valence-electron chi connectivity index (χ0n) is 11.9. The number of esters is 1. The molecular weight excluding hydrogens is 275 g/mol. The molecule has 0 heterocycles. The van der Waals surface area contributed by atoms with E-state index < -0.39 is 26.0 Å². The number of hydrogen-bond acceptors (Lipinski definition) is 7. The smallest absolute Gasteiger partial charge is 0.344 e. The topological polar surface area (TPSA) is 80.3 Å². The molecule has 2 atom stereocenters. The highest BCUT2D eigenvalue weighted by Crippen LogP contribution is 2.49. The van der Waals surface area contributed by atoms with Crippen LogP contribution in [0.3, 0.4) is 0 Å². The van der Waals surface area contributed by atoms with Gasteiger partial charge in [-0.05, 0) is 20.8 Å². The minimum atomic E-state index is -3.55. The average Bonchev–Trinajstić information content (AvgIpc) is 2.29. The number of hydrogen-bond donors (Lipinski definition) is 0. The Labute approximate surface area is 114 Å². The molecule has 0 aliphatic rings. The minimum Gasteiger partial charge on any atom is -0.466 e. The second kappa shape index (κ2) is 10.3. The van der Waals surface area contributed by atoms with E-state index in [0.29, 0.717) is 13.2 Å². The lowest BCUT2D eigenvalue weighted by Gasteiger charge is -2.21. The molecule has 0 amide bonds. The van der Waals surface area contributed by atoms with E-state index >= 15 is 0 Å². The number of ether oxygens (including phenoxy) is 3. The Kier molecular flexibility index (Phi) is 10.1. The summed E-state index contributed by atoms with van der Waals surface area (Å²) in [6.45, 7) is 5.98. The Morgan fingerprint density at radius 1 is 1.21 bits per heavy atom. The first-order valence-corrected chi connectivity index (χ1v) is 7.88. The van der Waals surface area contributed by atoms with Crippen LogP contribution in [0.2, 0.25) is 0 Å². The van der Waals surface area contributed by atoms with Crippen LogP contribution in [0.15, 0.2) is 0 Å². The quantitative estimate of drug-likeness (QED) is 0.249. The molecule has 8 heteroatoms. The monoisotopic (exact) mass is 298 g/mol. The van der Waals surface area contributed by atoms with Crippen LogP contribution in [0.1, 0.15) is 20.8 Å². The predicted octanol–water partition coefficient (Wildman–Crippen LogP) is 1.80. The van der Waals surface area contributed by atoms with Crippen molar-refractivity contribution in [2.45, 2.75) is 27.1 Å². The van der Waals surface area contributed by atoms with Gasteiger partial charge >= 0.3 is 13.6 Å². The second-order valence-corrected chi connectivity index (χ2v) is 5.54. The molecule has 19 heavy (non-hydrogen) atoms. The first kappa shape index (κ1) is 18.5. The fourth-order valence-corrected chi connectivity index (χ4v) is 2.77. The van der Waals surface area contributed by atoms with E-state index in [2.05, 4.69) is 0 Å². The van der Waals surface area contributed by atoms with Crippen molar-refractivity contribution in [3.63, 3.8) is 0 Å². The van der Waals surface area contributed by atoms with E-state index in [1.165, 1.54) is 0 Å². The van der Waals surface area contributed by atoms with Gasteiger partial charge in [-0.3, -0.25) is 13.9 Å². The van der Waals surface area contributed by atoms with Gasteiger partial charge in [0.15, 0.2) is 6.29 Å². The van der Waals surface area contributed by atoms with Gasteiger partial charge in [0.25, 0.3) is 0 Å². The van der Waals surface area contributed by atoms with Crippen molar-refractivity contribution in [3.8, 4) is 0 Å². The molecule has 0 fully saturated rings. The van der Waals surface area contributed by atoms with Crippen LogP contribution in [0.4, 0.5) is 0 Å². The highest BCUT2D eigenvalue weighted by molar-refractivity contribution is 7.54. The highest BCUT2D eigenvalue weighted by atomic mass is 31.2. The standard InChI is InChI=1S/C11H23O7P/c1-5-15-11(12)9-19(13,17-6-2)18-10(3)16-8-7-14-4/h10H,5-9H2,1-4H3. The lowest BCUT2D eigenvalue weighted by atomic mass is 10.7. The van der Waals surface area contributed by atoms with Gasteiger partial charge in [-0.25, -0.2) is 0 Å². The van der Waals surface area contributed by atoms with Crippen LogP contribution in [0.5, 0.6) is 0 Å². The summed E-state index contributed by atoms with van der Waals surface area (Å²) in [6, 6.07) is 0. The maximum absolute atomic E-state index is 12.3. The SMILES string of the molecule is CCOC(=O)CP(=O)(OCC)OC(C)OCCOC. The molecule has 0 aliphatic carbocycles. The molecule has 0 saturated heterocycles. The Morgan fingerprint density at radius 2 is 1.89 bits per heavy atom. The summed E-state index contributed by atoms with van der Waals surface area (Å²) in [5.74, 6) is -0.622. The van der Waals surface area contributed by atoms with Crippen LogP contribution in [-0.2, 0) is 32.6 Å². The minimum absolute atomic E-state index is 0.168. The summed E-state index contributed by atoms with van der Waals surface area (Å²) in [4.78, 5) is 11.4. The van der Waals surface area contributed by atoms with Gasteiger partial charge in [0.1, 0.15) is 6.16 Å². The molecule has 0 rings (SSSR count). The van der Waals surface area contributed by atoms with Gasteiger partial charge < -0.3 is 18.7 Å². The molecule has 0 aromatic carbocycles. The Bertz CT molecular complexity index is 295. The van der Waals surface area contributed by atoms with E-state index in [1.54, 1.807) is 27.9 Å². The van der Waals surface area contributed by atoms with Gasteiger partial charge in [-0.2, -0.15) is 0 Å². The summed E-state index contributed by atoms with van der Waals surface area (Å²) in [5.41, 5.74) is 0. The summed E-state index contributed by atoms with van der Waals surface area (Å²) >= 11 is 0. The van der Waals surface area contributed by atoms with E-state index in [1.807, 2.05) is 0 Å². The van der Waals surface area contributed by atoms with Crippen molar-refractivity contribution in [2.75, 3.05) is 39.7 Å². The zero-order valence-corrected chi connectivity index (χ0v) is 12.8. The first-order chi connectivity index (χ1) is 8.97. The third kappa shape index (κ3) is 9.13. The van der Waals surface area contributed by atoms with Crippen LogP contribution < -0.4 is 0 Å². The van der Waals surface area contributed by atoms with Crippen molar-refractivity contribution in [2.24, 2.45) is 0 Å². The van der Waals surface area contributed by atoms with Crippen LogP contribution in [0.25, 0.3) is 0 Å². The largest absolute Gasteiger partial charge is 0.466 e. The molecule has 7 nitrogen and oxygen atoms in total. The maximum Gasteiger partial charge on any atom is 0.344 e. The summed E-state index contributed by atoms with van der Waals surface area (Å²) in [6.07, 6.45) is -1.19. The third-order valence-corrected chi connectivity index (χ3v) is 3.82. The molecule has 2 unspecified atom stereocenters.